The van der Waals surface area contributed by atoms with Gasteiger partial charge in [-0.2, -0.15) is 0 Å². The van der Waals surface area contributed by atoms with Gasteiger partial charge in [-0.3, -0.25) is 4.90 Å². The minimum absolute atomic E-state index is 0.0265. The normalized spacial score (nSPS) is 28.5. The zero-order valence-corrected chi connectivity index (χ0v) is 10.7. The summed E-state index contributed by atoms with van der Waals surface area (Å²) in [6.07, 6.45) is 0.461. The molecule has 0 aliphatic carbocycles. The van der Waals surface area contributed by atoms with E-state index in [-0.39, 0.29) is 11.8 Å². The smallest absolute Gasteiger partial charge is 0.320 e. The average molecular weight is 268 g/mol. The third-order valence-corrected chi connectivity index (χ3v) is 3.75. The lowest BCUT2D eigenvalue weighted by Crippen LogP contribution is -2.64. The summed E-state index contributed by atoms with van der Waals surface area (Å²) in [6, 6.07) is 1.30. The fourth-order valence-corrected chi connectivity index (χ4v) is 2.91. The van der Waals surface area contributed by atoms with E-state index >= 15 is 0 Å². The molecule has 4 nitrogen and oxygen atoms in total. The highest BCUT2D eigenvalue weighted by Gasteiger charge is 2.49. The van der Waals surface area contributed by atoms with Crippen molar-refractivity contribution >= 4 is 6.03 Å². The number of fused-ring (bicyclic) bond motifs is 4. The van der Waals surface area contributed by atoms with Crippen molar-refractivity contribution in [3.63, 3.8) is 0 Å². The quantitative estimate of drug-likeness (QED) is 0.850. The number of nitrogens with zero attached hydrogens (tertiary/aromatic N) is 1. The number of carbonyl (C=O) groups excluding carboxylic acids is 1. The molecule has 1 aromatic rings. The molecule has 1 aromatic carbocycles. The molecule has 1 fully saturated rings. The molecule has 2 aliphatic rings. The molecule has 2 atom stereocenters. The van der Waals surface area contributed by atoms with Gasteiger partial charge >= 0.3 is 6.03 Å². The summed E-state index contributed by atoms with van der Waals surface area (Å²) in [4.78, 5) is 13.5. The minimum atomic E-state index is -0.895. The topological polar surface area (TPSA) is 41.6 Å². The van der Waals surface area contributed by atoms with Gasteiger partial charge in [0.1, 0.15) is 5.82 Å². The molecule has 2 amide bonds. The molecule has 6 heteroatoms. The molecular weight excluding hydrogens is 254 g/mol. The van der Waals surface area contributed by atoms with E-state index in [0.717, 1.165) is 6.07 Å². The molecule has 1 saturated heterocycles. The molecule has 0 saturated carbocycles. The number of ether oxygens (including phenoxy) is 1. The van der Waals surface area contributed by atoms with Gasteiger partial charge in [-0.25, -0.2) is 13.6 Å². The van der Waals surface area contributed by atoms with Crippen LogP contribution < -0.4 is 10.1 Å². The van der Waals surface area contributed by atoms with Crippen LogP contribution in [0.15, 0.2) is 12.1 Å². The first-order valence-electron chi connectivity index (χ1n) is 6.20. The van der Waals surface area contributed by atoms with Crippen LogP contribution in [0.3, 0.4) is 0 Å². The van der Waals surface area contributed by atoms with Crippen molar-refractivity contribution in [2.45, 2.75) is 32.0 Å². The Kier molecular flexibility index (Phi) is 2.45. The summed E-state index contributed by atoms with van der Waals surface area (Å²) in [6.45, 7) is 4.02. The Morgan fingerprint density at radius 1 is 1.53 bits per heavy atom. The molecule has 2 aliphatic heterocycles. The summed E-state index contributed by atoms with van der Waals surface area (Å²) < 4.78 is 32.8. The van der Waals surface area contributed by atoms with Gasteiger partial charge in [0.15, 0.2) is 17.3 Å². The van der Waals surface area contributed by atoms with Gasteiger partial charge in [0.2, 0.25) is 0 Å². The molecule has 1 N–H and O–H groups in total. The van der Waals surface area contributed by atoms with E-state index in [1.54, 1.807) is 6.92 Å². The molecule has 3 rings (SSSR count). The van der Waals surface area contributed by atoms with Crippen LogP contribution >= 0.6 is 0 Å². The third kappa shape index (κ3) is 1.66. The minimum Gasteiger partial charge on any atom is -0.465 e. The lowest BCUT2D eigenvalue weighted by molar-refractivity contribution is -0.0840. The van der Waals surface area contributed by atoms with E-state index in [2.05, 4.69) is 5.32 Å². The number of rotatable bonds is 1. The Balaban J connectivity index is 2.13. The summed E-state index contributed by atoms with van der Waals surface area (Å²) in [5, 5.41) is 2.76. The first-order chi connectivity index (χ1) is 8.94. The maximum absolute atomic E-state index is 13.8. The van der Waals surface area contributed by atoms with Gasteiger partial charge in [-0.1, -0.05) is 0 Å². The van der Waals surface area contributed by atoms with Gasteiger partial charge in [0.25, 0.3) is 0 Å². The first kappa shape index (κ1) is 12.2. The number of carbonyl (C=O) groups is 1. The fraction of sp³-hybridized carbons (Fsp3) is 0.462. The second kappa shape index (κ2) is 3.82. The van der Waals surface area contributed by atoms with Gasteiger partial charge in [0.05, 0.1) is 6.04 Å². The first-order valence-corrected chi connectivity index (χ1v) is 6.20. The predicted molar refractivity (Wildman–Crippen MR) is 63.7 cm³/mol. The van der Waals surface area contributed by atoms with Crippen LogP contribution in [0.1, 0.15) is 31.9 Å². The highest BCUT2D eigenvalue weighted by molar-refractivity contribution is 5.77. The number of nitrogens with one attached hydrogen (secondary N) is 1. The van der Waals surface area contributed by atoms with E-state index in [1.165, 1.54) is 11.0 Å². The Morgan fingerprint density at radius 3 is 2.95 bits per heavy atom. The van der Waals surface area contributed by atoms with Crippen LogP contribution in [0.5, 0.6) is 5.75 Å². The van der Waals surface area contributed by atoms with E-state index < -0.39 is 23.4 Å². The highest BCUT2D eigenvalue weighted by Crippen LogP contribution is 2.45. The van der Waals surface area contributed by atoms with Gasteiger partial charge in [-0.05, 0) is 19.9 Å². The maximum Gasteiger partial charge on any atom is 0.320 e. The molecule has 19 heavy (non-hydrogen) atoms. The number of hydrogen-bond donors (Lipinski definition) is 1. The largest absolute Gasteiger partial charge is 0.465 e. The second-order valence-electron chi connectivity index (χ2n) is 5.03. The summed E-state index contributed by atoms with van der Waals surface area (Å²) >= 11 is 0. The van der Waals surface area contributed by atoms with Crippen molar-refractivity contribution in [2.24, 2.45) is 0 Å². The lowest BCUT2D eigenvalue weighted by Gasteiger charge is -2.50. The van der Waals surface area contributed by atoms with Crippen molar-refractivity contribution in [3.8, 4) is 5.75 Å². The fourth-order valence-electron chi connectivity index (χ4n) is 2.91. The van der Waals surface area contributed by atoms with E-state index in [9.17, 15) is 13.6 Å². The van der Waals surface area contributed by atoms with E-state index in [0.29, 0.717) is 18.5 Å². The van der Waals surface area contributed by atoms with Crippen molar-refractivity contribution < 1.29 is 18.3 Å². The van der Waals surface area contributed by atoms with Crippen LogP contribution in [0.2, 0.25) is 0 Å². The van der Waals surface area contributed by atoms with Crippen molar-refractivity contribution in [1.29, 1.82) is 0 Å². The van der Waals surface area contributed by atoms with Crippen LogP contribution in [-0.4, -0.2) is 23.2 Å². The number of halogens is 2. The number of hydrogen-bond acceptors (Lipinski definition) is 2. The van der Waals surface area contributed by atoms with Gasteiger partial charge in [0, 0.05) is 24.6 Å². The van der Waals surface area contributed by atoms with Crippen LogP contribution in [-0.2, 0) is 0 Å². The second-order valence-corrected chi connectivity index (χ2v) is 5.03. The molecule has 2 heterocycles. The Hall–Kier alpha value is -1.85. The number of benzene rings is 1. The molecule has 0 aromatic heterocycles. The molecular formula is C13H14F2N2O2. The summed E-state index contributed by atoms with van der Waals surface area (Å²) in [7, 11) is 0. The zero-order valence-electron chi connectivity index (χ0n) is 10.7. The van der Waals surface area contributed by atoms with Crippen LogP contribution in [0, 0.1) is 11.6 Å². The highest BCUT2D eigenvalue weighted by atomic mass is 19.1. The Labute approximate surface area is 109 Å². The lowest BCUT2D eigenvalue weighted by atomic mass is 9.90. The van der Waals surface area contributed by atoms with E-state index in [4.69, 9.17) is 4.74 Å². The van der Waals surface area contributed by atoms with Crippen LogP contribution in [0.4, 0.5) is 13.6 Å². The number of amides is 2. The Bertz CT molecular complexity index is 564. The molecule has 0 spiro atoms. The Morgan fingerprint density at radius 2 is 2.26 bits per heavy atom. The van der Waals surface area contributed by atoms with E-state index in [1.807, 2.05) is 6.92 Å². The van der Waals surface area contributed by atoms with Gasteiger partial charge < -0.3 is 10.1 Å². The van der Waals surface area contributed by atoms with Crippen molar-refractivity contribution in [2.75, 3.05) is 6.54 Å². The monoisotopic (exact) mass is 268 g/mol. The van der Waals surface area contributed by atoms with Crippen molar-refractivity contribution in [3.05, 3.63) is 29.3 Å². The summed E-state index contributed by atoms with van der Waals surface area (Å²) in [5.41, 5.74) is -0.535. The summed E-state index contributed by atoms with van der Waals surface area (Å²) in [5.74, 6) is -1.38. The SMILES string of the molecule is CCN1C(=O)NC2CC1(C)Oc1c(F)cc(F)cc12. The number of urea groups is 1. The zero-order chi connectivity index (χ0) is 13.8. The standard InChI is InChI=1S/C13H14F2N2O2/c1-3-17-12(18)16-10-6-13(17,2)19-11-8(10)4-7(14)5-9(11)15/h4-5,10H,3,6H2,1-2H3,(H,16,18). The van der Waals surface area contributed by atoms with Gasteiger partial charge in [-0.15, -0.1) is 0 Å². The molecule has 102 valence electrons. The molecule has 2 bridgehead atoms. The molecule has 2 unspecified atom stereocenters. The van der Waals surface area contributed by atoms with Crippen LogP contribution in [0.25, 0.3) is 0 Å². The third-order valence-electron chi connectivity index (χ3n) is 3.75. The van der Waals surface area contributed by atoms with Crippen molar-refractivity contribution in [1.82, 2.24) is 10.2 Å². The molecule has 0 radical (unpaired) electrons. The predicted octanol–water partition coefficient (Wildman–Crippen LogP) is 2.55. The average Bonchev–Trinajstić information content (AvgIpc) is 2.31. The maximum atomic E-state index is 13.8.